The van der Waals surface area contributed by atoms with Crippen LogP contribution in [0, 0.1) is 5.41 Å². The van der Waals surface area contributed by atoms with Gasteiger partial charge < -0.3 is 5.32 Å². The topological polar surface area (TPSA) is 45.2 Å². The monoisotopic (exact) mass is 299 g/mol. The number of amides is 1. The summed E-state index contributed by atoms with van der Waals surface area (Å²) in [5.41, 5.74) is -0.936. The average molecular weight is 299 g/mol. The molecular weight excluding hydrogens is 283 g/mol. The van der Waals surface area contributed by atoms with Gasteiger partial charge in [-0.3, -0.25) is 9.69 Å². The molecule has 0 saturated carbocycles. The predicted octanol–water partition coefficient (Wildman–Crippen LogP) is 2.21. The fraction of sp³-hybridized carbons (Fsp3) is 0.571. The maximum absolute atomic E-state index is 12.8. The van der Waals surface area contributed by atoms with Gasteiger partial charge in [-0.15, -0.1) is 0 Å². The van der Waals surface area contributed by atoms with Gasteiger partial charge in [0.25, 0.3) is 0 Å². The van der Waals surface area contributed by atoms with Crippen LogP contribution in [0.2, 0.25) is 0 Å². The van der Waals surface area contributed by atoms with Crippen LogP contribution in [0.3, 0.4) is 0 Å². The van der Waals surface area contributed by atoms with Crippen LogP contribution in [-0.4, -0.2) is 30.5 Å². The number of nitrogens with zero attached hydrogens (tertiary/aromatic N) is 2. The molecule has 114 valence electrons. The van der Waals surface area contributed by atoms with Crippen molar-refractivity contribution in [3.05, 3.63) is 23.9 Å². The minimum atomic E-state index is -4.43. The van der Waals surface area contributed by atoms with Gasteiger partial charge in [0.2, 0.25) is 5.91 Å². The zero-order valence-electron chi connectivity index (χ0n) is 11.4. The highest BCUT2D eigenvalue weighted by atomic mass is 19.4. The Kier molecular flexibility index (Phi) is 3.39. The summed E-state index contributed by atoms with van der Waals surface area (Å²) >= 11 is 0. The molecule has 1 unspecified atom stereocenters. The molecule has 4 nitrogen and oxygen atoms in total. The zero-order valence-corrected chi connectivity index (χ0v) is 11.4. The maximum Gasteiger partial charge on any atom is 0.416 e. The van der Waals surface area contributed by atoms with Crippen molar-refractivity contribution in [3.63, 3.8) is 0 Å². The van der Waals surface area contributed by atoms with Crippen molar-refractivity contribution < 1.29 is 18.0 Å². The molecule has 21 heavy (non-hydrogen) atoms. The van der Waals surface area contributed by atoms with Crippen LogP contribution in [0.5, 0.6) is 0 Å². The fourth-order valence-corrected chi connectivity index (χ4v) is 3.16. The van der Waals surface area contributed by atoms with Crippen LogP contribution in [0.4, 0.5) is 19.0 Å². The van der Waals surface area contributed by atoms with Gasteiger partial charge in [0.05, 0.1) is 5.56 Å². The van der Waals surface area contributed by atoms with E-state index in [1.165, 1.54) is 4.90 Å². The number of piperidine rings is 1. The number of pyridine rings is 1. The normalized spacial score (nSPS) is 26.6. The first-order chi connectivity index (χ1) is 9.90. The first kappa shape index (κ1) is 14.3. The van der Waals surface area contributed by atoms with Crippen LogP contribution in [0.1, 0.15) is 24.8 Å². The SMILES string of the molecule is O=C1CC2(CCCNC2)CN1c1cc(C(F)(F)F)ccn1. The summed E-state index contributed by atoms with van der Waals surface area (Å²) in [7, 11) is 0. The smallest absolute Gasteiger partial charge is 0.316 e. The number of alkyl halides is 3. The summed E-state index contributed by atoms with van der Waals surface area (Å²) in [4.78, 5) is 17.5. The summed E-state index contributed by atoms with van der Waals surface area (Å²) in [6, 6.07) is 1.87. The van der Waals surface area contributed by atoms with Gasteiger partial charge >= 0.3 is 6.18 Å². The van der Waals surface area contributed by atoms with Crippen molar-refractivity contribution in [1.82, 2.24) is 10.3 Å². The third-order valence-corrected chi connectivity index (χ3v) is 4.23. The number of aromatic nitrogens is 1. The molecule has 2 fully saturated rings. The predicted molar refractivity (Wildman–Crippen MR) is 70.7 cm³/mol. The molecule has 2 saturated heterocycles. The second-order valence-corrected chi connectivity index (χ2v) is 5.84. The second kappa shape index (κ2) is 4.98. The number of hydrogen-bond acceptors (Lipinski definition) is 3. The zero-order chi connectivity index (χ0) is 15.1. The lowest BCUT2D eigenvalue weighted by atomic mass is 9.80. The first-order valence-electron chi connectivity index (χ1n) is 6.94. The number of carbonyl (C=O) groups is 1. The van der Waals surface area contributed by atoms with Crippen LogP contribution in [0.25, 0.3) is 0 Å². The lowest BCUT2D eigenvalue weighted by molar-refractivity contribution is -0.137. The van der Waals surface area contributed by atoms with Gasteiger partial charge in [-0.25, -0.2) is 4.98 Å². The summed E-state index contributed by atoms with van der Waals surface area (Å²) in [5, 5.41) is 3.27. The highest BCUT2D eigenvalue weighted by molar-refractivity contribution is 5.95. The second-order valence-electron chi connectivity index (χ2n) is 5.84. The third kappa shape index (κ3) is 2.74. The number of rotatable bonds is 1. The van der Waals surface area contributed by atoms with Crippen molar-refractivity contribution in [2.45, 2.75) is 25.4 Å². The maximum atomic E-state index is 12.8. The van der Waals surface area contributed by atoms with Gasteiger partial charge in [-0.2, -0.15) is 13.2 Å². The number of nitrogens with one attached hydrogen (secondary N) is 1. The molecule has 1 N–H and O–H groups in total. The number of carbonyl (C=O) groups excluding carboxylic acids is 1. The van der Waals surface area contributed by atoms with Crippen molar-refractivity contribution in [2.24, 2.45) is 5.41 Å². The Morgan fingerprint density at radius 1 is 1.38 bits per heavy atom. The molecule has 1 aromatic heterocycles. The molecule has 3 heterocycles. The Bertz CT molecular complexity index is 553. The van der Waals surface area contributed by atoms with Gasteiger partial charge in [-0.05, 0) is 31.5 Å². The Balaban J connectivity index is 1.86. The van der Waals surface area contributed by atoms with Gasteiger partial charge in [-0.1, -0.05) is 0 Å². The van der Waals surface area contributed by atoms with E-state index in [1.807, 2.05) is 0 Å². The molecule has 0 radical (unpaired) electrons. The van der Waals surface area contributed by atoms with Crippen LogP contribution >= 0.6 is 0 Å². The van der Waals surface area contributed by atoms with E-state index in [0.717, 1.165) is 44.3 Å². The van der Waals surface area contributed by atoms with Crippen LogP contribution in [0.15, 0.2) is 18.3 Å². The highest BCUT2D eigenvalue weighted by Crippen LogP contribution is 2.39. The van der Waals surface area contributed by atoms with Gasteiger partial charge in [0.1, 0.15) is 5.82 Å². The standard InChI is InChI=1S/C14H16F3N3O/c15-14(16,17)10-2-5-19-11(6-10)20-9-13(7-12(20)21)3-1-4-18-8-13/h2,5-6,18H,1,3-4,7-9H2. The molecule has 1 atom stereocenters. The molecule has 1 amide bonds. The molecule has 1 aromatic rings. The number of halogens is 3. The minimum absolute atomic E-state index is 0.0947. The van der Waals surface area contributed by atoms with E-state index < -0.39 is 11.7 Å². The minimum Gasteiger partial charge on any atom is -0.316 e. The summed E-state index contributed by atoms with van der Waals surface area (Å²) in [6.45, 7) is 2.10. The molecule has 7 heteroatoms. The van der Waals surface area contributed by atoms with E-state index in [4.69, 9.17) is 0 Å². The Morgan fingerprint density at radius 2 is 2.19 bits per heavy atom. The van der Waals surface area contributed by atoms with Crippen molar-refractivity contribution in [2.75, 3.05) is 24.5 Å². The largest absolute Gasteiger partial charge is 0.416 e. The highest BCUT2D eigenvalue weighted by Gasteiger charge is 2.45. The van der Waals surface area contributed by atoms with E-state index in [0.29, 0.717) is 13.0 Å². The quantitative estimate of drug-likeness (QED) is 0.865. The molecule has 0 aliphatic carbocycles. The first-order valence-corrected chi connectivity index (χ1v) is 6.94. The molecule has 1 spiro atoms. The number of anilines is 1. The summed E-state index contributed by atoms with van der Waals surface area (Å²) in [5.74, 6) is -0.0530. The molecule has 3 rings (SSSR count). The fourth-order valence-electron chi connectivity index (χ4n) is 3.16. The van der Waals surface area contributed by atoms with Gasteiger partial charge in [0.15, 0.2) is 0 Å². The van der Waals surface area contributed by atoms with E-state index in [9.17, 15) is 18.0 Å². The van der Waals surface area contributed by atoms with E-state index >= 15 is 0 Å². The van der Waals surface area contributed by atoms with E-state index in [-0.39, 0.29) is 17.1 Å². The Hall–Kier alpha value is -1.63. The van der Waals surface area contributed by atoms with Crippen LogP contribution < -0.4 is 10.2 Å². The van der Waals surface area contributed by atoms with Crippen LogP contribution in [-0.2, 0) is 11.0 Å². The molecule has 2 aliphatic heterocycles. The molecule has 2 aliphatic rings. The lowest BCUT2D eigenvalue weighted by Gasteiger charge is -2.33. The van der Waals surface area contributed by atoms with E-state index in [1.54, 1.807) is 0 Å². The lowest BCUT2D eigenvalue weighted by Crippen LogP contribution is -2.42. The van der Waals surface area contributed by atoms with E-state index in [2.05, 4.69) is 10.3 Å². The average Bonchev–Trinajstić information content (AvgIpc) is 2.75. The molecule has 0 bridgehead atoms. The Morgan fingerprint density at radius 3 is 2.86 bits per heavy atom. The Labute approximate surface area is 120 Å². The summed E-state index contributed by atoms with van der Waals surface area (Å²) < 4.78 is 38.3. The van der Waals surface area contributed by atoms with Gasteiger partial charge in [0, 0.05) is 31.1 Å². The molecule has 0 aromatic carbocycles. The summed E-state index contributed by atoms with van der Waals surface area (Å²) in [6.07, 6.45) is -1.05. The van der Waals surface area contributed by atoms with Crippen molar-refractivity contribution in [3.8, 4) is 0 Å². The number of hydrogen-bond donors (Lipinski definition) is 1. The molecular formula is C14H16F3N3O. The van der Waals surface area contributed by atoms with Crippen molar-refractivity contribution >= 4 is 11.7 Å². The third-order valence-electron chi connectivity index (χ3n) is 4.23. The van der Waals surface area contributed by atoms with Crippen molar-refractivity contribution in [1.29, 1.82) is 0 Å².